The predicted molar refractivity (Wildman–Crippen MR) is 70.6 cm³/mol. The molecule has 2 nitrogen and oxygen atoms in total. The zero-order valence-electron chi connectivity index (χ0n) is 9.95. The van der Waals surface area contributed by atoms with Crippen molar-refractivity contribution in [2.45, 2.75) is 33.1 Å². The van der Waals surface area contributed by atoms with Crippen LogP contribution in [-0.2, 0) is 4.79 Å². The van der Waals surface area contributed by atoms with Crippen LogP contribution < -0.4 is 10.0 Å². The van der Waals surface area contributed by atoms with Crippen molar-refractivity contribution in [3.8, 4) is 5.75 Å². The SMILES string of the molecule is CCCC(=O)CCOc1ccc(P)cc1C. The Labute approximate surface area is 99.6 Å². The number of carbonyl (C=O) groups is 1. The van der Waals surface area contributed by atoms with Gasteiger partial charge < -0.3 is 4.74 Å². The fourth-order valence-corrected chi connectivity index (χ4v) is 1.86. The first-order valence-corrected chi connectivity index (χ1v) is 6.22. The lowest BCUT2D eigenvalue weighted by Gasteiger charge is -2.09. The molecule has 1 rings (SSSR count). The van der Waals surface area contributed by atoms with Gasteiger partial charge in [-0.05, 0) is 36.3 Å². The Bertz CT molecular complexity index is 361. The minimum absolute atomic E-state index is 0.280. The molecule has 1 aromatic carbocycles. The topological polar surface area (TPSA) is 26.3 Å². The Morgan fingerprint density at radius 2 is 2.12 bits per heavy atom. The van der Waals surface area contributed by atoms with Gasteiger partial charge in [-0.3, -0.25) is 4.79 Å². The zero-order chi connectivity index (χ0) is 12.0. The van der Waals surface area contributed by atoms with Gasteiger partial charge in [-0.15, -0.1) is 9.24 Å². The van der Waals surface area contributed by atoms with E-state index < -0.39 is 0 Å². The first-order chi connectivity index (χ1) is 7.63. The van der Waals surface area contributed by atoms with Crippen LogP contribution in [0.25, 0.3) is 0 Å². The molecule has 0 bridgehead atoms. The number of ketones is 1. The van der Waals surface area contributed by atoms with E-state index in [2.05, 4.69) is 9.24 Å². The molecule has 0 aliphatic heterocycles. The van der Waals surface area contributed by atoms with Crippen molar-refractivity contribution in [3.63, 3.8) is 0 Å². The Kier molecular flexibility index (Phi) is 5.48. The smallest absolute Gasteiger partial charge is 0.136 e. The third-order valence-electron chi connectivity index (χ3n) is 2.37. The van der Waals surface area contributed by atoms with Gasteiger partial charge in [0, 0.05) is 12.8 Å². The van der Waals surface area contributed by atoms with Gasteiger partial charge in [-0.25, -0.2) is 0 Å². The second kappa shape index (κ2) is 6.65. The van der Waals surface area contributed by atoms with Gasteiger partial charge >= 0.3 is 0 Å². The van der Waals surface area contributed by atoms with Crippen LogP contribution in [0.2, 0.25) is 0 Å². The van der Waals surface area contributed by atoms with E-state index in [4.69, 9.17) is 4.74 Å². The summed E-state index contributed by atoms with van der Waals surface area (Å²) in [6, 6.07) is 5.98. The van der Waals surface area contributed by atoms with E-state index in [0.29, 0.717) is 19.4 Å². The molecule has 88 valence electrons. The van der Waals surface area contributed by atoms with E-state index >= 15 is 0 Å². The summed E-state index contributed by atoms with van der Waals surface area (Å²) in [6.45, 7) is 4.51. The number of ether oxygens (including phenoxy) is 1. The molecule has 0 saturated carbocycles. The zero-order valence-corrected chi connectivity index (χ0v) is 11.1. The van der Waals surface area contributed by atoms with E-state index in [9.17, 15) is 4.79 Å². The van der Waals surface area contributed by atoms with E-state index in [0.717, 1.165) is 23.0 Å². The lowest BCUT2D eigenvalue weighted by Crippen LogP contribution is -2.07. The van der Waals surface area contributed by atoms with Crippen LogP contribution in [0.15, 0.2) is 18.2 Å². The van der Waals surface area contributed by atoms with Crippen LogP contribution in [-0.4, -0.2) is 12.4 Å². The maximum absolute atomic E-state index is 11.3. The molecule has 0 aliphatic carbocycles. The summed E-state index contributed by atoms with van der Waals surface area (Å²) >= 11 is 0. The molecule has 0 fully saturated rings. The van der Waals surface area contributed by atoms with Gasteiger partial charge in [-0.1, -0.05) is 13.0 Å². The van der Waals surface area contributed by atoms with Crippen molar-refractivity contribution in [2.24, 2.45) is 0 Å². The van der Waals surface area contributed by atoms with E-state index in [1.165, 1.54) is 0 Å². The second-order valence-electron chi connectivity index (χ2n) is 3.91. The first kappa shape index (κ1) is 13.2. The Balaban J connectivity index is 2.40. The Morgan fingerprint density at radius 1 is 1.38 bits per heavy atom. The first-order valence-electron chi connectivity index (χ1n) is 5.64. The summed E-state index contributed by atoms with van der Waals surface area (Å²) in [7, 11) is 2.65. The Hall–Kier alpha value is -0.880. The molecule has 3 heteroatoms. The fourth-order valence-electron chi connectivity index (χ4n) is 1.51. The quantitative estimate of drug-likeness (QED) is 0.712. The molecule has 0 radical (unpaired) electrons. The van der Waals surface area contributed by atoms with Crippen molar-refractivity contribution >= 4 is 20.3 Å². The normalized spacial score (nSPS) is 10.2. The van der Waals surface area contributed by atoms with E-state index in [-0.39, 0.29) is 5.78 Å². The van der Waals surface area contributed by atoms with Crippen LogP contribution in [0, 0.1) is 6.92 Å². The highest BCUT2D eigenvalue weighted by Crippen LogP contribution is 2.16. The summed E-state index contributed by atoms with van der Waals surface area (Å²) in [5.74, 6) is 1.15. The molecule has 16 heavy (non-hydrogen) atoms. The molecule has 0 amide bonds. The number of hydrogen-bond donors (Lipinski definition) is 0. The molecule has 0 aliphatic rings. The van der Waals surface area contributed by atoms with Gasteiger partial charge in [0.2, 0.25) is 0 Å². The highest BCUT2D eigenvalue weighted by molar-refractivity contribution is 7.27. The van der Waals surface area contributed by atoms with E-state index in [1.807, 2.05) is 32.0 Å². The lowest BCUT2D eigenvalue weighted by atomic mass is 10.2. The number of Topliss-reactive ketones (excluding diaryl/α,β-unsaturated/α-hetero) is 1. The summed E-state index contributed by atoms with van der Waals surface area (Å²) in [6.07, 6.45) is 2.09. The number of hydrogen-bond acceptors (Lipinski definition) is 2. The van der Waals surface area contributed by atoms with Gasteiger partial charge in [0.15, 0.2) is 0 Å². The number of carbonyl (C=O) groups excluding carboxylic acids is 1. The third kappa shape index (κ3) is 4.32. The highest BCUT2D eigenvalue weighted by atomic mass is 31.0. The highest BCUT2D eigenvalue weighted by Gasteiger charge is 2.03. The third-order valence-corrected chi connectivity index (χ3v) is 2.73. The van der Waals surface area contributed by atoms with Crippen LogP contribution in [0.1, 0.15) is 31.7 Å². The van der Waals surface area contributed by atoms with Crippen molar-refractivity contribution in [1.82, 2.24) is 0 Å². The predicted octanol–water partition coefficient (Wildman–Crippen LogP) is 2.63. The minimum atomic E-state index is 0.280. The Morgan fingerprint density at radius 3 is 2.75 bits per heavy atom. The maximum Gasteiger partial charge on any atom is 0.136 e. The van der Waals surface area contributed by atoms with Crippen LogP contribution in [0.4, 0.5) is 0 Å². The van der Waals surface area contributed by atoms with Crippen molar-refractivity contribution in [2.75, 3.05) is 6.61 Å². The standard InChI is InChI=1S/C13H19O2P/c1-3-4-11(14)7-8-15-13-6-5-12(16)9-10(13)2/h5-6,9H,3-4,7-8,16H2,1-2H3. The largest absolute Gasteiger partial charge is 0.493 e. The van der Waals surface area contributed by atoms with Gasteiger partial charge in [0.1, 0.15) is 11.5 Å². The molecule has 0 heterocycles. The van der Waals surface area contributed by atoms with Crippen LogP contribution in [0.5, 0.6) is 5.75 Å². The van der Waals surface area contributed by atoms with Crippen molar-refractivity contribution in [3.05, 3.63) is 23.8 Å². The average molecular weight is 238 g/mol. The molecule has 1 unspecified atom stereocenters. The van der Waals surface area contributed by atoms with Gasteiger partial charge in [0.25, 0.3) is 0 Å². The summed E-state index contributed by atoms with van der Waals surface area (Å²) < 4.78 is 5.58. The molecular weight excluding hydrogens is 219 g/mol. The van der Waals surface area contributed by atoms with E-state index in [1.54, 1.807) is 0 Å². The average Bonchev–Trinajstić information content (AvgIpc) is 2.22. The number of benzene rings is 1. The van der Waals surface area contributed by atoms with Crippen LogP contribution >= 0.6 is 9.24 Å². The number of aryl methyl sites for hydroxylation is 1. The summed E-state index contributed by atoms with van der Waals surface area (Å²) in [5, 5.41) is 1.15. The lowest BCUT2D eigenvalue weighted by molar-refractivity contribution is -0.119. The minimum Gasteiger partial charge on any atom is -0.493 e. The van der Waals surface area contributed by atoms with Crippen molar-refractivity contribution < 1.29 is 9.53 Å². The molecule has 1 atom stereocenters. The number of rotatable bonds is 6. The van der Waals surface area contributed by atoms with Crippen molar-refractivity contribution in [1.29, 1.82) is 0 Å². The molecule has 0 aromatic heterocycles. The molecule has 1 aromatic rings. The molecule has 0 saturated heterocycles. The molecule has 0 spiro atoms. The molecule has 0 N–H and O–H groups in total. The van der Waals surface area contributed by atoms with Gasteiger partial charge in [0.05, 0.1) is 6.61 Å². The van der Waals surface area contributed by atoms with Crippen LogP contribution in [0.3, 0.4) is 0 Å². The maximum atomic E-state index is 11.3. The fraction of sp³-hybridized carbons (Fsp3) is 0.462. The van der Waals surface area contributed by atoms with Gasteiger partial charge in [-0.2, -0.15) is 0 Å². The summed E-state index contributed by atoms with van der Waals surface area (Å²) in [4.78, 5) is 11.3. The molecular formula is C13H19O2P. The monoisotopic (exact) mass is 238 g/mol. The second-order valence-corrected chi connectivity index (χ2v) is 4.58. The summed E-state index contributed by atoms with van der Waals surface area (Å²) in [5.41, 5.74) is 1.11.